The highest BCUT2D eigenvalue weighted by Crippen LogP contribution is 2.29. The second kappa shape index (κ2) is 5.96. The monoisotopic (exact) mass is 300 g/mol. The van der Waals surface area contributed by atoms with Crippen molar-refractivity contribution in [1.29, 1.82) is 0 Å². The molecule has 2 aromatic carbocycles. The molecule has 2 aromatic rings. The molecule has 20 heavy (non-hydrogen) atoms. The Kier molecular flexibility index (Phi) is 4.29. The van der Waals surface area contributed by atoms with Crippen LogP contribution in [0.3, 0.4) is 0 Å². The molecule has 0 heterocycles. The number of benzene rings is 2. The predicted octanol–water partition coefficient (Wildman–Crippen LogP) is 4.56. The van der Waals surface area contributed by atoms with E-state index in [1.807, 2.05) is 0 Å². The maximum absolute atomic E-state index is 13.1. The van der Waals surface area contributed by atoms with E-state index in [9.17, 15) is 18.0 Å². The largest absolute Gasteiger partial charge is 0.435 e. The fourth-order valence-corrected chi connectivity index (χ4v) is 1.88. The number of aldehydes is 1. The minimum Gasteiger partial charge on any atom is -0.435 e. The van der Waals surface area contributed by atoms with Gasteiger partial charge in [-0.1, -0.05) is 17.7 Å². The van der Waals surface area contributed by atoms with Crippen molar-refractivity contribution in [1.82, 2.24) is 0 Å². The van der Waals surface area contributed by atoms with E-state index in [-0.39, 0.29) is 16.3 Å². The van der Waals surface area contributed by atoms with Crippen LogP contribution in [0, 0.1) is 5.82 Å². The third-order valence-corrected chi connectivity index (χ3v) is 2.83. The van der Waals surface area contributed by atoms with Gasteiger partial charge in [-0.3, -0.25) is 4.79 Å². The molecule has 0 atom stereocenters. The fourth-order valence-electron chi connectivity index (χ4n) is 1.70. The van der Waals surface area contributed by atoms with Crippen LogP contribution in [0.1, 0.15) is 10.4 Å². The van der Waals surface area contributed by atoms with Gasteiger partial charge in [-0.25, -0.2) is 4.39 Å². The summed E-state index contributed by atoms with van der Waals surface area (Å²) in [5, 5.41) is -0.102. The Morgan fingerprint density at radius 2 is 1.85 bits per heavy atom. The molecule has 0 amide bonds. The third-order valence-electron chi connectivity index (χ3n) is 2.54. The van der Waals surface area contributed by atoms with Crippen molar-refractivity contribution >= 4 is 17.9 Å². The summed E-state index contributed by atoms with van der Waals surface area (Å²) in [5.41, 5.74) is 1.07. The van der Waals surface area contributed by atoms with Crippen molar-refractivity contribution < 1.29 is 22.7 Å². The van der Waals surface area contributed by atoms with Crippen LogP contribution in [0.25, 0.3) is 11.1 Å². The van der Waals surface area contributed by atoms with E-state index in [2.05, 4.69) is 4.74 Å². The van der Waals surface area contributed by atoms with Crippen LogP contribution >= 0.6 is 11.6 Å². The molecule has 2 rings (SSSR count). The van der Waals surface area contributed by atoms with Gasteiger partial charge in [0.15, 0.2) is 0 Å². The number of hydrogen-bond donors (Lipinski definition) is 0. The lowest BCUT2D eigenvalue weighted by molar-refractivity contribution is -0.0498. The van der Waals surface area contributed by atoms with Gasteiger partial charge in [-0.05, 0) is 41.5 Å². The minimum absolute atomic E-state index is 0.102. The van der Waals surface area contributed by atoms with E-state index < -0.39 is 12.4 Å². The Hall–Kier alpha value is -2.01. The first kappa shape index (κ1) is 14.4. The SMILES string of the molecule is O=Cc1cc(OC(F)F)cc(-c2ccc(F)c(Cl)c2)c1. The average Bonchev–Trinajstić information content (AvgIpc) is 2.40. The average molecular weight is 301 g/mol. The van der Waals surface area contributed by atoms with Gasteiger partial charge in [0.2, 0.25) is 0 Å². The summed E-state index contributed by atoms with van der Waals surface area (Å²) in [6.07, 6.45) is 0.507. The lowest BCUT2D eigenvalue weighted by Gasteiger charge is -2.09. The molecule has 0 unspecified atom stereocenters. The number of carbonyl (C=O) groups is 1. The molecule has 104 valence electrons. The van der Waals surface area contributed by atoms with Crippen molar-refractivity contribution in [3.63, 3.8) is 0 Å². The number of ether oxygens (including phenoxy) is 1. The van der Waals surface area contributed by atoms with E-state index in [4.69, 9.17) is 11.6 Å². The maximum Gasteiger partial charge on any atom is 0.387 e. The van der Waals surface area contributed by atoms with Crippen molar-refractivity contribution in [3.05, 3.63) is 52.8 Å². The second-order valence-electron chi connectivity index (χ2n) is 3.92. The molecule has 0 aromatic heterocycles. The van der Waals surface area contributed by atoms with Gasteiger partial charge in [0.05, 0.1) is 5.02 Å². The van der Waals surface area contributed by atoms with E-state index in [0.29, 0.717) is 17.4 Å². The van der Waals surface area contributed by atoms with Gasteiger partial charge < -0.3 is 4.74 Å². The van der Waals surface area contributed by atoms with Gasteiger partial charge >= 0.3 is 6.61 Å². The van der Waals surface area contributed by atoms with Crippen molar-refractivity contribution in [2.75, 3.05) is 0 Å². The number of carbonyl (C=O) groups excluding carboxylic acids is 1. The van der Waals surface area contributed by atoms with Crippen molar-refractivity contribution in [2.24, 2.45) is 0 Å². The molecule has 0 aliphatic carbocycles. The Morgan fingerprint density at radius 1 is 1.10 bits per heavy atom. The Bertz CT molecular complexity index is 644. The normalized spacial score (nSPS) is 10.7. The summed E-state index contributed by atoms with van der Waals surface area (Å²) in [6.45, 7) is -3.00. The molecule has 0 saturated heterocycles. The Balaban J connectivity index is 2.49. The van der Waals surface area contributed by atoms with Crippen LogP contribution < -0.4 is 4.74 Å². The first-order valence-corrected chi connectivity index (χ1v) is 5.88. The zero-order valence-corrected chi connectivity index (χ0v) is 10.7. The molecular weight excluding hydrogens is 293 g/mol. The van der Waals surface area contributed by atoms with Crippen molar-refractivity contribution in [3.8, 4) is 16.9 Å². The lowest BCUT2D eigenvalue weighted by Crippen LogP contribution is -2.02. The van der Waals surface area contributed by atoms with Gasteiger partial charge in [0, 0.05) is 5.56 Å². The van der Waals surface area contributed by atoms with Crippen LogP contribution in [0.5, 0.6) is 5.75 Å². The number of halogens is 4. The second-order valence-corrected chi connectivity index (χ2v) is 4.32. The Morgan fingerprint density at radius 3 is 2.45 bits per heavy atom. The van der Waals surface area contributed by atoms with Gasteiger partial charge in [-0.15, -0.1) is 0 Å². The molecule has 0 spiro atoms. The standard InChI is InChI=1S/C14H8ClF3O2/c15-12-6-9(1-2-13(12)16)10-3-8(7-19)4-11(5-10)20-14(17)18/h1-7,14H. The molecule has 2 nitrogen and oxygen atoms in total. The minimum atomic E-state index is -3.00. The molecule has 0 aliphatic heterocycles. The van der Waals surface area contributed by atoms with Crippen LogP contribution in [-0.4, -0.2) is 12.9 Å². The van der Waals surface area contributed by atoms with Gasteiger partial charge in [0.1, 0.15) is 17.9 Å². The van der Waals surface area contributed by atoms with Gasteiger partial charge in [-0.2, -0.15) is 8.78 Å². The summed E-state index contributed by atoms with van der Waals surface area (Å²) in [6, 6.07) is 7.90. The zero-order valence-electron chi connectivity index (χ0n) is 9.95. The van der Waals surface area contributed by atoms with Crippen LogP contribution in [0.4, 0.5) is 13.2 Å². The molecule has 0 fully saturated rings. The summed E-state index contributed by atoms with van der Waals surface area (Å²) in [4.78, 5) is 10.8. The topological polar surface area (TPSA) is 26.3 Å². The van der Waals surface area contributed by atoms with E-state index in [1.165, 1.54) is 30.3 Å². The molecular formula is C14H8ClF3O2. The molecule has 0 aliphatic rings. The predicted molar refractivity (Wildman–Crippen MR) is 68.9 cm³/mol. The summed E-state index contributed by atoms with van der Waals surface area (Å²) in [7, 11) is 0. The number of rotatable bonds is 4. The van der Waals surface area contributed by atoms with E-state index in [1.54, 1.807) is 0 Å². The number of alkyl halides is 2. The van der Waals surface area contributed by atoms with E-state index >= 15 is 0 Å². The zero-order chi connectivity index (χ0) is 14.7. The fraction of sp³-hybridized carbons (Fsp3) is 0.0714. The summed E-state index contributed by atoms with van der Waals surface area (Å²) < 4.78 is 41.8. The van der Waals surface area contributed by atoms with Gasteiger partial charge in [0.25, 0.3) is 0 Å². The highest BCUT2D eigenvalue weighted by molar-refractivity contribution is 6.31. The smallest absolute Gasteiger partial charge is 0.387 e. The van der Waals surface area contributed by atoms with Crippen molar-refractivity contribution in [2.45, 2.75) is 6.61 Å². The van der Waals surface area contributed by atoms with Crippen LogP contribution in [0.2, 0.25) is 5.02 Å². The Labute approximate surface area is 117 Å². The highest BCUT2D eigenvalue weighted by atomic mass is 35.5. The maximum atomic E-state index is 13.1. The van der Waals surface area contributed by atoms with Crippen LogP contribution in [0.15, 0.2) is 36.4 Å². The quantitative estimate of drug-likeness (QED) is 0.774. The first-order valence-electron chi connectivity index (χ1n) is 5.50. The lowest BCUT2D eigenvalue weighted by atomic mass is 10.0. The van der Waals surface area contributed by atoms with Crippen LogP contribution in [-0.2, 0) is 0 Å². The van der Waals surface area contributed by atoms with E-state index in [0.717, 1.165) is 6.07 Å². The summed E-state index contributed by atoms with van der Waals surface area (Å²) in [5.74, 6) is -0.744. The third kappa shape index (κ3) is 3.30. The molecule has 0 N–H and O–H groups in total. The molecule has 0 bridgehead atoms. The molecule has 0 radical (unpaired) electrons. The summed E-state index contributed by atoms with van der Waals surface area (Å²) >= 11 is 5.67. The first-order chi connectivity index (χ1) is 9.49. The number of hydrogen-bond acceptors (Lipinski definition) is 2. The molecule has 6 heteroatoms. The molecule has 0 saturated carbocycles. The highest BCUT2D eigenvalue weighted by Gasteiger charge is 2.10.